The lowest BCUT2D eigenvalue weighted by Crippen LogP contribution is -2.44. The molecule has 5 nitrogen and oxygen atoms in total. The summed E-state index contributed by atoms with van der Waals surface area (Å²) in [5.74, 6) is 0. The van der Waals surface area contributed by atoms with Crippen LogP contribution in [0.2, 0.25) is 0 Å². The molecule has 1 aliphatic heterocycles. The van der Waals surface area contributed by atoms with Crippen LogP contribution < -0.4 is 10.9 Å². The summed E-state index contributed by atoms with van der Waals surface area (Å²) < 4.78 is 5.88. The van der Waals surface area contributed by atoms with Crippen LogP contribution in [0, 0.1) is 13.8 Å². The first-order valence-corrected chi connectivity index (χ1v) is 11.7. The molecule has 0 aliphatic carbocycles. The van der Waals surface area contributed by atoms with E-state index in [0.717, 1.165) is 41.5 Å². The summed E-state index contributed by atoms with van der Waals surface area (Å²) >= 11 is 5.81. The summed E-state index contributed by atoms with van der Waals surface area (Å²) in [6, 6.07) is 16.5. The molecule has 0 bridgehead atoms. The predicted octanol–water partition coefficient (Wildman–Crippen LogP) is 4.76. The second-order valence-electron chi connectivity index (χ2n) is 8.76. The molecule has 32 heavy (non-hydrogen) atoms. The molecule has 1 aromatic heterocycles. The van der Waals surface area contributed by atoms with Crippen LogP contribution in [0.1, 0.15) is 48.1 Å². The predicted molar refractivity (Wildman–Crippen MR) is 134 cm³/mol. The van der Waals surface area contributed by atoms with Crippen LogP contribution in [-0.2, 0) is 11.3 Å². The summed E-state index contributed by atoms with van der Waals surface area (Å²) in [6.45, 7) is 8.10. The summed E-state index contributed by atoms with van der Waals surface area (Å²) in [5, 5.41) is 5.16. The van der Waals surface area contributed by atoms with Crippen molar-refractivity contribution in [3.05, 3.63) is 81.1 Å². The number of nitrogens with one attached hydrogen (secondary N) is 2. The van der Waals surface area contributed by atoms with E-state index in [0.29, 0.717) is 23.8 Å². The van der Waals surface area contributed by atoms with E-state index >= 15 is 0 Å². The number of pyridine rings is 1. The number of H-pyrrole nitrogens is 1. The number of aromatic amines is 1. The number of aromatic nitrogens is 1. The number of rotatable bonds is 6. The molecule has 0 saturated carbocycles. The van der Waals surface area contributed by atoms with Crippen molar-refractivity contribution in [1.29, 1.82) is 0 Å². The standard InChI is InChI=1S/C26H31N3O2S/c1-17-12-18(2)23-14-21(25(30)28-24(23)13-17)15-29(16-22-10-7-11-31-22)26(32)27-19(3)20-8-5-4-6-9-20/h4-6,8-9,12-14,19,22H,7,10-11,15-16H2,1-3H3,(H,27,32)(H,28,30). The molecule has 1 fully saturated rings. The minimum Gasteiger partial charge on any atom is -0.376 e. The van der Waals surface area contributed by atoms with Gasteiger partial charge in [0, 0.05) is 29.6 Å². The van der Waals surface area contributed by atoms with Gasteiger partial charge in [0.2, 0.25) is 0 Å². The fraction of sp³-hybridized carbons (Fsp3) is 0.385. The van der Waals surface area contributed by atoms with Crippen molar-refractivity contribution in [2.24, 2.45) is 0 Å². The van der Waals surface area contributed by atoms with Gasteiger partial charge in [0.25, 0.3) is 5.56 Å². The molecule has 2 N–H and O–H groups in total. The quantitative estimate of drug-likeness (QED) is 0.532. The van der Waals surface area contributed by atoms with E-state index in [-0.39, 0.29) is 17.7 Å². The van der Waals surface area contributed by atoms with Crippen LogP contribution >= 0.6 is 12.2 Å². The van der Waals surface area contributed by atoms with Gasteiger partial charge >= 0.3 is 0 Å². The Bertz CT molecular complexity index is 1150. The van der Waals surface area contributed by atoms with Gasteiger partial charge in [-0.25, -0.2) is 0 Å². The Morgan fingerprint density at radius 3 is 2.75 bits per heavy atom. The third-order valence-corrected chi connectivity index (χ3v) is 6.50. The molecule has 1 aliphatic rings. The highest BCUT2D eigenvalue weighted by Gasteiger charge is 2.23. The number of aryl methyl sites for hydroxylation is 2. The van der Waals surface area contributed by atoms with E-state index < -0.39 is 0 Å². The number of benzene rings is 2. The Morgan fingerprint density at radius 2 is 2.03 bits per heavy atom. The second kappa shape index (κ2) is 9.84. The Balaban J connectivity index is 1.59. The molecule has 1 saturated heterocycles. The SMILES string of the molecule is Cc1cc(C)c2cc(CN(CC3CCCO3)C(=S)NC(C)c3ccccc3)c(=O)[nH]c2c1. The van der Waals surface area contributed by atoms with Crippen LogP contribution in [0.5, 0.6) is 0 Å². The number of nitrogens with zero attached hydrogens (tertiary/aromatic N) is 1. The van der Waals surface area contributed by atoms with E-state index in [2.05, 4.69) is 47.2 Å². The van der Waals surface area contributed by atoms with E-state index in [9.17, 15) is 4.79 Å². The third kappa shape index (κ3) is 5.19. The van der Waals surface area contributed by atoms with Crippen molar-refractivity contribution in [3.63, 3.8) is 0 Å². The van der Waals surface area contributed by atoms with E-state index in [1.54, 1.807) is 0 Å². The maximum Gasteiger partial charge on any atom is 0.253 e. The fourth-order valence-electron chi connectivity index (χ4n) is 4.39. The zero-order valence-electron chi connectivity index (χ0n) is 19.0. The molecule has 0 radical (unpaired) electrons. The average Bonchev–Trinajstić information content (AvgIpc) is 3.27. The fourth-order valence-corrected chi connectivity index (χ4v) is 4.71. The van der Waals surface area contributed by atoms with E-state index in [1.165, 1.54) is 5.56 Å². The number of hydrogen-bond donors (Lipinski definition) is 2. The number of hydrogen-bond acceptors (Lipinski definition) is 3. The van der Waals surface area contributed by atoms with E-state index in [4.69, 9.17) is 17.0 Å². The summed E-state index contributed by atoms with van der Waals surface area (Å²) in [7, 11) is 0. The van der Waals surface area contributed by atoms with Gasteiger partial charge in [-0.05, 0) is 74.7 Å². The van der Waals surface area contributed by atoms with E-state index in [1.807, 2.05) is 37.3 Å². The van der Waals surface area contributed by atoms with Crippen molar-refractivity contribution in [3.8, 4) is 0 Å². The van der Waals surface area contributed by atoms with Gasteiger partial charge in [0.15, 0.2) is 5.11 Å². The van der Waals surface area contributed by atoms with Crippen molar-refractivity contribution < 1.29 is 4.74 Å². The number of thiocarbonyl (C=S) groups is 1. The second-order valence-corrected chi connectivity index (χ2v) is 9.15. The molecule has 6 heteroatoms. The molecule has 2 atom stereocenters. The zero-order chi connectivity index (χ0) is 22.7. The van der Waals surface area contributed by atoms with Gasteiger partial charge in [-0.2, -0.15) is 0 Å². The molecule has 4 rings (SSSR count). The maximum atomic E-state index is 12.9. The first-order chi connectivity index (χ1) is 15.4. The zero-order valence-corrected chi connectivity index (χ0v) is 19.8. The molecule has 2 aromatic carbocycles. The Hall–Kier alpha value is -2.70. The van der Waals surface area contributed by atoms with Gasteiger partial charge < -0.3 is 19.9 Å². The van der Waals surface area contributed by atoms with Gasteiger partial charge in [0.1, 0.15) is 0 Å². The van der Waals surface area contributed by atoms with Crippen molar-refractivity contribution in [2.75, 3.05) is 13.2 Å². The minimum absolute atomic E-state index is 0.0656. The minimum atomic E-state index is -0.0706. The summed E-state index contributed by atoms with van der Waals surface area (Å²) in [4.78, 5) is 18.1. The summed E-state index contributed by atoms with van der Waals surface area (Å²) in [6.07, 6.45) is 2.21. The molecule has 168 valence electrons. The highest BCUT2D eigenvalue weighted by molar-refractivity contribution is 7.80. The molecule has 0 amide bonds. The monoisotopic (exact) mass is 449 g/mol. The van der Waals surface area contributed by atoms with Crippen molar-refractivity contribution in [2.45, 2.75) is 52.3 Å². The highest BCUT2D eigenvalue weighted by Crippen LogP contribution is 2.21. The highest BCUT2D eigenvalue weighted by atomic mass is 32.1. The number of fused-ring (bicyclic) bond motifs is 1. The van der Waals surface area contributed by atoms with Crippen molar-refractivity contribution >= 4 is 28.2 Å². The van der Waals surface area contributed by atoms with Gasteiger partial charge in [-0.15, -0.1) is 0 Å². The van der Waals surface area contributed by atoms with Gasteiger partial charge in [-0.1, -0.05) is 36.4 Å². The molecular formula is C26H31N3O2S. The Labute approximate surface area is 194 Å². The van der Waals surface area contributed by atoms with Crippen LogP contribution in [0.3, 0.4) is 0 Å². The Kier molecular flexibility index (Phi) is 6.92. The maximum absolute atomic E-state index is 12.9. The number of ether oxygens (including phenoxy) is 1. The molecule has 0 spiro atoms. The van der Waals surface area contributed by atoms with Crippen LogP contribution in [0.15, 0.2) is 53.3 Å². The lowest BCUT2D eigenvalue weighted by Gasteiger charge is -2.30. The normalized spacial score (nSPS) is 16.8. The first kappa shape index (κ1) is 22.5. The smallest absolute Gasteiger partial charge is 0.253 e. The topological polar surface area (TPSA) is 57.4 Å². The lowest BCUT2D eigenvalue weighted by atomic mass is 10.0. The average molecular weight is 450 g/mol. The Morgan fingerprint density at radius 1 is 1.25 bits per heavy atom. The van der Waals surface area contributed by atoms with Crippen molar-refractivity contribution in [1.82, 2.24) is 15.2 Å². The van der Waals surface area contributed by atoms with Crippen LogP contribution in [-0.4, -0.2) is 34.3 Å². The molecule has 2 unspecified atom stereocenters. The van der Waals surface area contributed by atoms with Crippen LogP contribution in [0.25, 0.3) is 10.9 Å². The molecule has 3 aromatic rings. The van der Waals surface area contributed by atoms with Gasteiger partial charge in [0.05, 0.1) is 18.7 Å². The largest absolute Gasteiger partial charge is 0.376 e. The molecule has 2 heterocycles. The van der Waals surface area contributed by atoms with Gasteiger partial charge in [-0.3, -0.25) is 4.79 Å². The first-order valence-electron chi connectivity index (χ1n) is 11.3. The van der Waals surface area contributed by atoms with Crippen LogP contribution in [0.4, 0.5) is 0 Å². The lowest BCUT2D eigenvalue weighted by molar-refractivity contribution is 0.0895. The third-order valence-electron chi connectivity index (χ3n) is 6.13. The molecular weight excluding hydrogens is 418 g/mol. The summed E-state index contributed by atoms with van der Waals surface area (Å²) in [5.41, 5.74) is 4.97.